The molecule has 1 aromatic heterocycles. The Hall–Kier alpha value is -2.97. The first-order chi connectivity index (χ1) is 18.7. The van der Waals surface area contributed by atoms with Gasteiger partial charge in [0.1, 0.15) is 5.75 Å². The van der Waals surface area contributed by atoms with Crippen molar-refractivity contribution >= 4 is 16.8 Å². The van der Waals surface area contributed by atoms with Gasteiger partial charge in [-0.15, -0.1) is 0 Å². The molecule has 3 heterocycles. The van der Waals surface area contributed by atoms with Gasteiger partial charge in [0.2, 0.25) is 5.92 Å². The van der Waals surface area contributed by atoms with Crippen LogP contribution in [0, 0.1) is 18.3 Å². The average Bonchev–Trinajstić information content (AvgIpc) is 3.38. The number of carbonyl (C=O) groups is 1. The van der Waals surface area contributed by atoms with Crippen LogP contribution in [-0.4, -0.2) is 67.0 Å². The molecule has 2 saturated heterocycles. The van der Waals surface area contributed by atoms with E-state index in [0.29, 0.717) is 31.0 Å². The number of fused-ring (bicyclic) bond motifs is 1. The van der Waals surface area contributed by atoms with Crippen molar-refractivity contribution in [3.05, 3.63) is 64.8 Å². The number of piperidine rings is 1. The number of H-pyrrole nitrogens is 1. The molecule has 2 aliphatic heterocycles. The Labute approximate surface area is 228 Å². The first kappa shape index (κ1) is 26.3. The Balaban J connectivity index is 1.25. The number of hydrogen-bond acceptors (Lipinski definition) is 4. The molecule has 8 heteroatoms. The number of benzene rings is 2. The third-order valence-corrected chi connectivity index (χ3v) is 9.21. The maximum Gasteiger partial charge on any atom is 0.251 e. The molecule has 1 atom stereocenters. The van der Waals surface area contributed by atoms with Crippen molar-refractivity contribution in [3.8, 4) is 5.75 Å². The summed E-state index contributed by atoms with van der Waals surface area (Å²) in [5.41, 5.74) is 4.71. The zero-order valence-electron chi connectivity index (χ0n) is 23.0. The number of carbonyl (C=O) groups excluding carboxylic acids is 1. The van der Waals surface area contributed by atoms with Gasteiger partial charge in [0.25, 0.3) is 5.91 Å². The second-order valence-corrected chi connectivity index (χ2v) is 12.2. The minimum absolute atomic E-state index is 0.0162. The summed E-state index contributed by atoms with van der Waals surface area (Å²) in [6, 6.07) is 11.9. The van der Waals surface area contributed by atoms with Crippen LogP contribution in [0.3, 0.4) is 0 Å². The molecule has 2 aromatic carbocycles. The number of aryl methyl sites for hydroxylation is 1. The first-order valence-corrected chi connectivity index (χ1v) is 14.0. The number of aromatic amines is 1. The maximum atomic E-state index is 14.1. The van der Waals surface area contributed by atoms with Crippen LogP contribution in [0.15, 0.2) is 42.6 Å². The van der Waals surface area contributed by atoms with E-state index in [0.717, 1.165) is 59.4 Å². The van der Waals surface area contributed by atoms with Gasteiger partial charge < -0.3 is 19.9 Å². The molecule has 0 radical (unpaired) electrons. The monoisotopic (exact) mass is 536 g/mol. The van der Waals surface area contributed by atoms with Crippen LogP contribution in [0.2, 0.25) is 0 Å². The summed E-state index contributed by atoms with van der Waals surface area (Å²) < 4.78 is 33.9. The highest BCUT2D eigenvalue weighted by Crippen LogP contribution is 2.60. The Morgan fingerprint density at radius 1 is 1.18 bits per heavy atom. The van der Waals surface area contributed by atoms with Crippen molar-refractivity contribution < 1.29 is 18.3 Å². The van der Waals surface area contributed by atoms with Gasteiger partial charge in [-0.1, -0.05) is 12.1 Å². The minimum atomic E-state index is -2.55. The van der Waals surface area contributed by atoms with E-state index in [4.69, 9.17) is 4.74 Å². The molecule has 3 fully saturated rings. The molecular weight excluding hydrogens is 498 g/mol. The lowest BCUT2D eigenvalue weighted by atomic mass is 9.59. The van der Waals surface area contributed by atoms with E-state index in [9.17, 15) is 13.6 Å². The number of alkyl halides is 2. The molecule has 208 valence electrons. The molecule has 6 rings (SSSR count). The summed E-state index contributed by atoms with van der Waals surface area (Å²) in [4.78, 5) is 20.7. The predicted octanol–water partition coefficient (Wildman–Crippen LogP) is 5.53. The maximum absolute atomic E-state index is 14.1. The number of likely N-dealkylation sites (tertiary alicyclic amines) is 2. The number of methoxy groups -OCH3 is 1. The number of nitrogens with zero attached hydrogens (tertiary/aromatic N) is 2. The summed E-state index contributed by atoms with van der Waals surface area (Å²) in [6.45, 7) is 6.17. The van der Waals surface area contributed by atoms with Gasteiger partial charge in [0.05, 0.1) is 7.11 Å². The number of amides is 1. The molecular formula is C31H38F2N4O2. The second kappa shape index (κ2) is 9.89. The number of nitrogens with one attached hydrogen (secondary N) is 2. The molecule has 1 aliphatic carbocycles. The lowest BCUT2D eigenvalue weighted by molar-refractivity contribution is -0.186. The van der Waals surface area contributed by atoms with Gasteiger partial charge >= 0.3 is 0 Å². The van der Waals surface area contributed by atoms with Crippen molar-refractivity contribution in [2.45, 2.75) is 51.1 Å². The third-order valence-electron chi connectivity index (χ3n) is 9.21. The van der Waals surface area contributed by atoms with E-state index >= 15 is 0 Å². The second-order valence-electron chi connectivity index (χ2n) is 12.2. The molecule has 3 aromatic rings. The lowest BCUT2D eigenvalue weighted by Crippen LogP contribution is -2.53. The predicted molar refractivity (Wildman–Crippen MR) is 148 cm³/mol. The molecule has 3 aliphatic rings. The van der Waals surface area contributed by atoms with Gasteiger partial charge in [0, 0.05) is 79.2 Å². The number of aromatic nitrogens is 1. The quantitative estimate of drug-likeness (QED) is 0.417. The summed E-state index contributed by atoms with van der Waals surface area (Å²) >= 11 is 0. The average molecular weight is 537 g/mol. The third kappa shape index (κ3) is 5.05. The lowest BCUT2D eigenvalue weighted by Gasteiger charge is -2.54. The number of ether oxygens (including phenoxy) is 1. The minimum Gasteiger partial charge on any atom is -0.496 e. The van der Waals surface area contributed by atoms with E-state index in [2.05, 4.69) is 46.2 Å². The van der Waals surface area contributed by atoms with Crippen LogP contribution in [0.5, 0.6) is 5.75 Å². The summed E-state index contributed by atoms with van der Waals surface area (Å²) in [5, 5.41) is 4.19. The van der Waals surface area contributed by atoms with Gasteiger partial charge in [-0.3, -0.25) is 9.69 Å². The zero-order chi connectivity index (χ0) is 27.4. The van der Waals surface area contributed by atoms with Crippen LogP contribution in [0.1, 0.15) is 58.8 Å². The summed E-state index contributed by atoms with van der Waals surface area (Å²) in [6.07, 6.45) is 3.34. The fourth-order valence-corrected chi connectivity index (χ4v) is 7.20. The van der Waals surface area contributed by atoms with Crippen molar-refractivity contribution in [3.63, 3.8) is 0 Å². The van der Waals surface area contributed by atoms with Gasteiger partial charge in [-0.25, -0.2) is 8.78 Å². The topological polar surface area (TPSA) is 60.6 Å². The van der Waals surface area contributed by atoms with E-state index in [1.165, 1.54) is 0 Å². The normalized spacial score (nSPS) is 22.9. The Kier molecular flexibility index (Phi) is 6.66. The molecule has 6 nitrogen and oxygen atoms in total. The van der Waals surface area contributed by atoms with Crippen molar-refractivity contribution in [1.82, 2.24) is 20.1 Å². The standard InChI is InChI=1S/C31H38F2N4O2/c1-20-12-27(39-3)25(24-8-10-34-28(20)24)17-37-11-9-30(18-31(32,33)19-30)13-26(37)22-4-6-23(7-5-22)29(38)35-14-21-15-36(2)16-21/h4-8,10,12,21,26,34H,9,11,13-19H2,1-3H3,(H,35,38). The highest BCUT2D eigenvalue weighted by molar-refractivity contribution is 5.94. The Morgan fingerprint density at radius 2 is 1.92 bits per heavy atom. The van der Waals surface area contributed by atoms with Crippen molar-refractivity contribution in [2.75, 3.05) is 40.3 Å². The molecule has 39 heavy (non-hydrogen) atoms. The number of hydrogen-bond donors (Lipinski definition) is 2. The van der Waals surface area contributed by atoms with Crippen LogP contribution in [-0.2, 0) is 6.54 Å². The number of rotatable bonds is 7. The molecule has 0 bridgehead atoms. The first-order valence-electron chi connectivity index (χ1n) is 14.0. The smallest absolute Gasteiger partial charge is 0.251 e. The largest absolute Gasteiger partial charge is 0.496 e. The molecule has 1 amide bonds. The zero-order valence-corrected chi connectivity index (χ0v) is 23.0. The fourth-order valence-electron chi connectivity index (χ4n) is 7.20. The van der Waals surface area contributed by atoms with E-state index in [-0.39, 0.29) is 30.2 Å². The molecule has 1 saturated carbocycles. The SMILES string of the molecule is COc1cc(C)c2[nH]ccc2c1CN1CCC2(CC1c1ccc(C(=O)NCC3CN(C)C3)cc1)CC(F)(F)C2. The van der Waals surface area contributed by atoms with Crippen LogP contribution >= 0.6 is 0 Å². The Bertz CT molecular complexity index is 1350. The molecule has 1 spiro atoms. The van der Waals surface area contributed by atoms with E-state index in [1.54, 1.807) is 7.11 Å². The highest BCUT2D eigenvalue weighted by atomic mass is 19.3. The van der Waals surface area contributed by atoms with Crippen LogP contribution < -0.4 is 10.1 Å². The van der Waals surface area contributed by atoms with E-state index in [1.807, 2.05) is 30.5 Å². The molecule has 1 unspecified atom stereocenters. The Morgan fingerprint density at radius 3 is 2.59 bits per heavy atom. The van der Waals surface area contributed by atoms with Gasteiger partial charge in [0.15, 0.2) is 0 Å². The summed E-state index contributed by atoms with van der Waals surface area (Å²) in [7, 11) is 3.78. The van der Waals surface area contributed by atoms with Gasteiger partial charge in [-0.05, 0) is 74.2 Å². The number of halogens is 2. The van der Waals surface area contributed by atoms with E-state index < -0.39 is 5.92 Å². The van der Waals surface area contributed by atoms with Crippen molar-refractivity contribution in [1.29, 1.82) is 0 Å². The van der Waals surface area contributed by atoms with Gasteiger partial charge in [-0.2, -0.15) is 0 Å². The summed E-state index contributed by atoms with van der Waals surface area (Å²) in [5.74, 6) is -1.26. The molecule has 2 N–H and O–H groups in total. The van der Waals surface area contributed by atoms with Crippen molar-refractivity contribution in [2.24, 2.45) is 11.3 Å². The fraction of sp³-hybridized carbons (Fsp3) is 0.516. The van der Waals surface area contributed by atoms with Crippen LogP contribution in [0.4, 0.5) is 8.78 Å². The van der Waals surface area contributed by atoms with Crippen LogP contribution in [0.25, 0.3) is 10.9 Å². The highest BCUT2D eigenvalue weighted by Gasteiger charge is 2.58.